The number of nitrogens with two attached hydrogens (primary N) is 1. The number of primary amides is 1. The number of nitrogens with one attached hydrogen (secondary N) is 2. The van der Waals surface area contributed by atoms with E-state index in [9.17, 15) is 9.59 Å². The lowest BCUT2D eigenvalue weighted by Gasteiger charge is -2.22. The van der Waals surface area contributed by atoms with Crippen LogP contribution in [0.3, 0.4) is 0 Å². The summed E-state index contributed by atoms with van der Waals surface area (Å²) in [6.07, 6.45) is 3.53. The molecule has 0 bridgehead atoms. The fraction of sp³-hybridized carbons (Fsp3) is 0.312. The van der Waals surface area contributed by atoms with E-state index in [-0.39, 0.29) is 29.9 Å². The summed E-state index contributed by atoms with van der Waals surface area (Å²) in [5, 5.41) is 10.3. The van der Waals surface area contributed by atoms with Crippen molar-refractivity contribution < 1.29 is 9.59 Å². The van der Waals surface area contributed by atoms with E-state index in [4.69, 9.17) is 5.73 Å². The van der Waals surface area contributed by atoms with Crippen LogP contribution in [0.5, 0.6) is 0 Å². The quantitative estimate of drug-likeness (QED) is 0.774. The van der Waals surface area contributed by atoms with E-state index in [0.717, 1.165) is 19.4 Å². The van der Waals surface area contributed by atoms with Crippen molar-refractivity contribution in [2.24, 2.45) is 11.7 Å². The van der Waals surface area contributed by atoms with Crippen LogP contribution in [0.1, 0.15) is 23.3 Å². The van der Waals surface area contributed by atoms with Gasteiger partial charge >= 0.3 is 0 Å². The molecule has 2 heterocycles. The molecule has 1 aromatic carbocycles. The smallest absolute Gasteiger partial charge is 0.269 e. The Kier molecular flexibility index (Phi) is 5.94. The van der Waals surface area contributed by atoms with Crippen LogP contribution < -0.4 is 16.4 Å². The Bertz CT molecular complexity index is 725. The van der Waals surface area contributed by atoms with E-state index in [2.05, 4.69) is 15.7 Å². The standard InChI is InChI=1S/C16H19N5O2.ClH/c17-15(22)13-7-9-21(20-13)14-6-2-1-5-12(14)19-16(23)11-4-3-8-18-10-11;/h1-2,5-7,9,11,18H,3-4,8,10H2,(H2,17,22)(H,19,23);1H. The molecule has 0 saturated carbocycles. The lowest BCUT2D eigenvalue weighted by molar-refractivity contribution is -0.120. The number of benzene rings is 1. The molecule has 3 rings (SSSR count). The number of halogens is 1. The molecule has 1 atom stereocenters. The van der Waals surface area contributed by atoms with E-state index in [1.54, 1.807) is 12.3 Å². The number of hydrogen-bond acceptors (Lipinski definition) is 4. The van der Waals surface area contributed by atoms with Gasteiger partial charge in [0.1, 0.15) is 5.69 Å². The van der Waals surface area contributed by atoms with Gasteiger partial charge in [-0.25, -0.2) is 4.68 Å². The zero-order chi connectivity index (χ0) is 16.2. The second-order valence-corrected chi connectivity index (χ2v) is 5.56. The second kappa shape index (κ2) is 7.94. The molecule has 0 radical (unpaired) electrons. The van der Waals surface area contributed by atoms with E-state index in [1.165, 1.54) is 4.68 Å². The van der Waals surface area contributed by atoms with Crippen LogP contribution in [-0.2, 0) is 4.79 Å². The number of nitrogens with zero attached hydrogens (tertiary/aromatic N) is 2. The van der Waals surface area contributed by atoms with Crippen LogP contribution >= 0.6 is 12.4 Å². The Morgan fingerprint density at radius 2 is 2.08 bits per heavy atom. The minimum Gasteiger partial charge on any atom is -0.364 e. The van der Waals surface area contributed by atoms with Gasteiger partial charge in [0, 0.05) is 12.7 Å². The third-order valence-electron chi connectivity index (χ3n) is 3.92. The van der Waals surface area contributed by atoms with Crippen LogP contribution in [-0.4, -0.2) is 34.7 Å². The minimum absolute atomic E-state index is 0. The first kappa shape index (κ1) is 18.0. The van der Waals surface area contributed by atoms with Crippen molar-refractivity contribution in [3.05, 3.63) is 42.2 Å². The first-order valence-corrected chi connectivity index (χ1v) is 7.61. The lowest BCUT2D eigenvalue weighted by atomic mass is 9.99. The normalized spacial score (nSPS) is 16.9. The van der Waals surface area contributed by atoms with Crippen LogP contribution in [0, 0.1) is 5.92 Å². The number of para-hydroxylation sites is 2. The highest BCUT2D eigenvalue weighted by Gasteiger charge is 2.21. The van der Waals surface area contributed by atoms with Gasteiger partial charge in [-0.15, -0.1) is 12.4 Å². The Morgan fingerprint density at radius 1 is 1.29 bits per heavy atom. The largest absolute Gasteiger partial charge is 0.364 e. The highest BCUT2D eigenvalue weighted by atomic mass is 35.5. The van der Waals surface area contributed by atoms with Crippen LogP contribution in [0.15, 0.2) is 36.5 Å². The molecule has 2 amide bonds. The summed E-state index contributed by atoms with van der Waals surface area (Å²) in [7, 11) is 0. The molecule has 0 aliphatic carbocycles. The van der Waals surface area contributed by atoms with Crippen molar-refractivity contribution in [2.45, 2.75) is 12.8 Å². The maximum Gasteiger partial charge on any atom is 0.269 e. The van der Waals surface area contributed by atoms with Gasteiger partial charge in [0.05, 0.1) is 17.3 Å². The highest BCUT2D eigenvalue weighted by molar-refractivity contribution is 5.95. The summed E-state index contributed by atoms with van der Waals surface area (Å²) in [6.45, 7) is 1.66. The zero-order valence-corrected chi connectivity index (χ0v) is 13.9. The molecule has 1 aliphatic rings. The van der Waals surface area contributed by atoms with E-state index in [1.807, 2.05) is 24.3 Å². The van der Waals surface area contributed by atoms with Crippen LogP contribution in [0.25, 0.3) is 5.69 Å². The summed E-state index contributed by atoms with van der Waals surface area (Å²) in [5.41, 5.74) is 6.76. The topological polar surface area (TPSA) is 102 Å². The predicted molar refractivity (Wildman–Crippen MR) is 93.6 cm³/mol. The van der Waals surface area contributed by atoms with Gasteiger partial charge < -0.3 is 16.4 Å². The maximum atomic E-state index is 12.4. The number of anilines is 1. The number of rotatable bonds is 4. The molecular formula is C16H20ClN5O2. The first-order chi connectivity index (χ1) is 11.1. The zero-order valence-electron chi connectivity index (χ0n) is 13.1. The Morgan fingerprint density at radius 3 is 2.75 bits per heavy atom. The molecule has 2 aromatic rings. The van der Waals surface area contributed by atoms with Crippen molar-refractivity contribution in [1.82, 2.24) is 15.1 Å². The maximum absolute atomic E-state index is 12.4. The third-order valence-corrected chi connectivity index (χ3v) is 3.92. The average molecular weight is 350 g/mol. The number of carbonyl (C=O) groups is 2. The molecule has 24 heavy (non-hydrogen) atoms. The van der Waals surface area contributed by atoms with E-state index in [0.29, 0.717) is 17.9 Å². The number of amides is 2. The minimum atomic E-state index is -0.585. The molecule has 1 unspecified atom stereocenters. The van der Waals surface area contributed by atoms with Gasteiger partial charge in [-0.2, -0.15) is 5.10 Å². The summed E-state index contributed by atoms with van der Waals surface area (Å²) < 4.78 is 1.54. The summed E-state index contributed by atoms with van der Waals surface area (Å²) in [4.78, 5) is 23.6. The molecular weight excluding hydrogens is 330 g/mol. The number of carbonyl (C=O) groups excluding carboxylic acids is 2. The predicted octanol–water partition coefficient (Wildman–Crippen LogP) is 1.33. The number of piperidine rings is 1. The van der Waals surface area contributed by atoms with Gasteiger partial charge in [-0.05, 0) is 37.6 Å². The molecule has 1 aliphatic heterocycles. The summed E-state index contributed by atoms with van der Waals surface area (Å²) in [5.74, 6) is -0.624. The second-order valence-electron chi connectivity index (χ2n) is 5.56. The van der Waals surface area contributed by atoms with Crippen molar-refractivity contribution in [3.63, 3.8) is 0 Å². The lowest BCUT2D eigenvalue weighted by Crippen LogP contribution is -2.37. The van der Waals surface area contributed by atoms with Crippen molar-refractivity contribution >= 4 is 29.9 Å². The SMILES string of the molecule is Cl.NC(=O)c1ccn(-c2ccccc2NC(=O)C2CCCNC2)n1. The van der Waals surface area contributed by atoms with Gasteiger partial charge in [-0.1, -0.05) is 12.1 Å². The molecule has 7 nitrogen and oxygen atoms in total. The summed E-state index contributed by atoms with van der Waals surface area (Å²) in [6, 6.07) is 8.88. The van der Waals surface area contributed by atoms with Gasteiger partial charge in [0.25, 0.3) is 5.91 Å². The Hall–Kier alpha value is -2.38. The number of aromatic nitrogens is 2. The van der Waals surface area contributed by atoms with Crippen LogP contribution in [0.4, 0.5) is 5.69 Å². The molecule has 0 spiro atoms. The first-order valence-electron chi connectivity index (χ1n) is 7.61. The molecule has 4 N–H and O–H groups in total. The van der Waals surface area contributed by atoms with Gasteiger partial charge in [-0.3, -0.25) is 9.59 Å². The Labute approximate surface area is 146 Å². The third kappa shape index (κ3) is 3.93. The summed E-state index contributed by atoms with van der Waals surface area (Å²) >= 11 is 0. The molecule has 1 aromatic heterocycles. The highest BCUT2D eigenvalue weighted by Crippen LogP contribution is 2.21. The van der Waals surface area contributed by atoms with Crippen LogP contribution in [0.2, 0.25) is 0 Å². The van der Waals surface area contributed by atoms with Gasteiger partial charge in [0.15, 0.2) is 0 Å². The van der Waals surface area contributed by atoms with Crippen molar-refractivity contribution in [1.29, 1.82) is 0 Å². The molecule has 1 fully saturated rings. The molecule has 1 saturated heterocycles. The Balaban J connectivity index is 0.00000208. The fourth-order valence-electron chi connectivity index (χ4n) is 2.68. The van der Waals surface area contributed by atoms with E-state index < -0.39 is 5.91 Å². The van der Waals surface area contributed by atoms with Crippen molar-refractivity contribution in [3.8, 4) is 5.69 Å². The number of hydrogen-bond donors (Lipinski definition) is 3. The fourth-order valence-corrected chi connectivity index (χ4v) is 2.68. The molecule has 128 valence electrons. The molecule has 8 heteroatoms. The van der Waals surface area contributed by atoms with Crippen molar-refractivity contribution in [2.75, 3.05) is 18.4 Å². The average Bonchev–Trinajstić information content (AvgIpc) is 3.06. The van der Waals surface area contributed by atoms with E-state index >= 15 is 0 Å². The van der Waals surface area contributed by atoms with Gasteiger partial charge in [0.2, 0.25) is 5.91 Å². The monoisotopic (exact) mass is 349 g/mol.